The summed E-state index contributed by atoms with van der Waals surface area (Å²) in [6.07, 6.45) is 0. The van der Waals surface area contributed by atoms with Crippen molar-refractivity contribution in [1.29, 1.82) is 0 Å². The molecule has 3 rings (SSSR count). The molecule has 1 amide bonds. The van der Waals surface area contributed by atoms with Crippen molar-refractivity contribution in [3.05, 3.63) is 40.4 Å². The summed E-state index contributed by atoms with van der Waals surface area (Å²) < 4.78 is 5.56. The summed E-state index contributed by atoms with van der Waals surface area (Å²) >= 11 is 8.69. The number of aromatic nitrogens is 3. The first-order valence-electron chi connectivity index (χ1n) is 7.80. The lowest BCUT2D eigenvalue weighted by molar-refractivity contribution is -0.113. The van der Waals surface area contributed by atoms with Gasteiger partial charge < -0.3 is 9.73 Å². The second-order valence-electron chi connectivity index (χ2n) is 6.48. The molecular weight excluding hydrogens is 392 g/mol. The van der Waals surface area contributed by atoms with Crippen LogP contribution < -0.4 is 5.32 Å². The van der Waals surface area contributed by atoms with E-state index in [1.165, 1.54) is 11.3 Å². The Kier molecular flexibility index (Phi) is 5.64. The van der Waals surface area contributed by atoms with E-state index in [4.69, 9.17) is 16.0 Å². The second-order valence-corrected chi connectivity index (χ2v) is 8.67. The van der Waals surface area contributed by atoms with Gasteiger partial charge in [-0.3, -0.25) is 4.79 Å². The third-order valence-electron chi connectivity index (χ3n) is 3.36. The zero-order chi connectivity index (χ0) is 18.7. The van der Waals surface area contributed by atoms with Crippen LogP contribution in [0.15, 0.2) is 39.3 Å². The van der Waals surface area contributed by atoms with Gasteiger partial charge >= 0.3 is 0 Å². The molecule has 0 fully saturated rings. The molecule has 0 aliphatic carbocycles. The molecule has 9 heteroatoms. The smallest absolute Gasteiger partial charge is 0.277 e. The minimum absolute atomic E-state index is 0.0485. The maximum absolute atomic E-state index is 12.1. The number of anilines is 1. The second kappa shape index (κ2) is 7.77. The Hall–Kier alpha value is -1.90. The van der Waals surface area contributed by atoms with E-state index in [1.807, 2.05) is 17.5 Å². The van der Waals surface area contributed by atoms with Gasteiger partial charge in [0.1, 0.15) is 0 Å². The third-order valence-corrected chi connectivity index (χ3v) is 5.26. The van der Waals surface area contributed by atoms with Crippen molar-refractivity contribution >= 4 is 45.7 Å². The van der Waals surface area contributed by atoms with Gasteiger partial charge in [-0.2, -0.15) is 0 Å². The van der Waals surface area contributed by atoms with Gasteiger partial charge in [0.05, 0.1) is 22.0 Å². The molecule has 0 spiro atoms. The van der Waals surface area contributed by atoms with E-state index < -0.39 is 0 Å². The number of thiazole rings is 1. The normalized spacial score (nSPS) is 11.5. The molecule has 0 saturated carbocycles. The fourth-order valence-corrected chi connectivity index (χ4v) is 3.70. The average Bonchev–Trinajstić information content (AvgIpc) is 3.22. The Balaban J connectivity index is 1.57. The predicted octanol–water partition coefficient (Wildman–Crippen LogP) is 4.87. The Labute approximate surface area is 164 Å². The molecule has 3 aromatic rings. The first-order chi connectivity index (χ1) is 12.3. The lowest BCUT2D eigenvalue weighted by atomic mass is 9.93. The molecule has 1 N–H and O–H groups in total. The molecule has 2 aromatic heterocycles. The highest BCUT2D eigenvalue weighted by Gasteiger charge is 2.18. The molecule has 0 aliphatic rings. The van der Waals surface area contributed by atoms with Gasteiger partial charge in [-0.15, -0.1) is 21.5 Å². The number of amides is 1. The summed E-state index contributed by atoms with van der Waals surface area (Å²) in [4.78, 5) is 16.5. The quantitative estimate of drug-likeness (QED) is 0.606. The van der Waals surface area contributed by atoms with Crippen LogP contribution in [-0.4, -0.2) is 26.8 Å². The molecule has 0 radical (unpaired) electrons. The summed E-state index contributed by atoms with van der Waals surface area (Å²) in [5.41, 5.74) is 1.56. The molecule has 0 atom stereocenters. The van der Waals surface area contributed by atoms with Gasteiger partial charge in [0.25, 0.3) is 5.22 Å². The van der Waals surface area contributed by atoms with Crippen molar-refractivity contribution in [1.82, 2.24) is 15.2 Å². The molecule has 136 valence electrons. The number of hydrogen-bond acceptors (Lipinski definition) is 7. The van der Waals surface area contributed by atoms with Gasteiger partial charge in [-0.25, -0.2) is 4.98 Å². The van der Waals surface area contributed by atoms with Crippen LogP contribution in [-0.2, 0) is 10.2 Å². The van der Waals surface area contributed by atoms with Gasteiger partial charge in [0.15, 0.2) is 5.13 Å². The van der Waals surface area contributed by atoms with Crippen LogP contribution in [0.1, 0.15) is 26.5 Å². The van der Waals surface area contributed by atoms with Gasteiger partial charge in [0, 0.05) is 10.8 Å². The number of nitrogens with one attached hydrogen (secondary N) is 1. The van der Waals surface area contributed by atoms with E-state index in [-0.39, 0.29) is 17.1 Å². The highest BCUT2D eigenvalue weighted by molar-refractivity contribution is 7.99. The number of hydrogen-bond donors (Lipinski definition) is 1. The van der Waals surface area contributed by atoms with Gasteiger partial charge in [-0.1, -0.05) is 56.3 Å². The molecule has 26 heavy (non-hydrogen) atoms. The van der Waals surface area contributed by atoms with Crippen molar-refractivity contribution < 1.29 is 9.21 Å². The third kappa shape index (κ3) is 4.63. The number of carbonyl (C=O) groups excluding carboxylic acids is 1. The van der Waals surface area contributed by atoms with E-state index in [0.29, 0.717) is 26.8 Å². The highest BCUT2D eigenvalue weighted by Crippen LogP contribution is 2.29. The minimum atomic E-state index is -0.178. The maximum Gasteiger partial charge on any atom is 0.277 e. The Morgan fingerprint density at radius 3 is 2.77 bits per heavy atom. The van der Waals surface area contributed by atoms with Crippen molar-refractivity contribution in [3.8, 4) is 11.5 Å². The average molecular weight is 409 g/mol. The first kappa shape index (κ1) is 18.9. The molecule has 6 nitrogen and oxygen atoms in total. The van der Waals surface area contributed by atoms with Gasteiger partial charge in [-0.05, 0) is 12.1 Å². The number of nitrogens with zero attached hydrogens (tertiary/aromatic N) is 3. The molecule has 1 aromatic carbocycles. The number of carbonyl (C=O) groups is 1. The van der Waals surface area contributed by atoms with Crippen LogP contribution in [0.3, 0.4) is 0 Å². The summed E-state index contributed by atoms with van der Waals surface area (Å²) in [5, 5.41) is 14.1. The Bertz CT molecular complexity index is 917. The fourth-order valence-electron chi connectivity index (χ4n) is 1.97. The van der Waals surface area contributed by atoms with E-state index in [9.17, 15) is 4.79 Å². The van der Waals surface area contributed by atoms with Crippen LogP contribution in [0.2, 0.25) is 5.02 Å². The van der Waals surface area contributed by atoms with Crippen LogP contribution in [0, 0.1) is 0 Å². The van der Waals surface area contributed by atoms with Crippen LogP contribution in [0.4, 0.5) is 5.13 Å². The number of halogens is 1. The lowest BCUT2D eigenvalue weighted by Gasteiger charge is -2.14. The van der Waals surface area contributed by atoms with E-state index in [1.54, 1.807) is 12.1 Å². The Morgan fingerprint density at radius 1 is 1.31 bits per heavy atom. The van der Waals surface area contributed by atoms with Crippen molar-refractivity contribution in [2.45, 2.75) is 31.4 Å². The summed E-state index contributed by atoms with van der Waals surface area (Å²) in [5.74, 6) is 0.296. The SMILES string of the molecule is CC(C)(C)c1csc(NC(=O)CSc2nnc(-c3ccccc3Cl)o2)n1. The van der Waals surface area contributed by atoms with E-state index in [0.717, 1.165) is 17.5 Å². The lowest BCUT2D eigenvalue weighted by Crippen LogP contribution is -2.15. The van der Waals surface area contributed by atoms with Crippen LogP contribution >= 0.6 is 34.7 Å². The van der Waals surface area contributed by atoms with Gasteiger partial charge in [0.2, 0.25) is 11.8 Å². The molecule has 0 saturated heterocycles. The standard InChI is InChI=1S/C17H17ClN4O2S2/c1-17(2,3)12-8-25-15(19-12)20-13(23)9-26-16-22-21-14(24-16)10-6-4-5-7-11(10)18/h4-8H,9H2,1-3H3,(H,19,20,23). The zero-order valence-corrected chi connectivity index (χ0v) is 16.8. The van der Waals surface area contributed by atoms with Crippen molar-refractivity contribution in [3.63, 3.8) is 0 Å². The van der Waals surface area contributed by atoms with Crippen molar-refractivity contribution in [2.24, 2.45) is 0 Å². The van der Waals surface area contributed by atoms with E-state index in [2.05, 4.69) is 41.3 Å². The topological polar surface area (TPSA) is 80.9 Å². The van der Waals surface area contributed by atoms with Crippen LogP contribution in [0.5, 0.6) is 0 Å². The number of rotatable bonds is 5. The number of thioether (sulfide) groups is 1. The summed E-state index contributed by atoms with van der Waals surface area (Å²) in [6, 6.07) is 7.21. The van der Waals surface area contributed by atoms with Crippen LogP contribution in [0.25, 0.3) is 11.5 Å². The molecule has 0 unspecified atom stereocenters. The summed E-state index contributed by atoms with van der Waals surface area (Å²) in [6.45, 7) is 6.24. The largest absolute Gasteiger partial charge is 0.411 e. The summed E-state index contributed by atoms with van der Waals surface area (Å²) in [7, 11) is 0. The fraction of sp³-hybridized carbons (Fsp3) is 0.294. The maximum atomic E-state index is 12.1. The first-order valence-corrected chi connectivity index (χ1v) is 10.0. The molecular formula is C17H17ClN4O2S2. The number of benzene rings is 1. The van der Waals surface area contributed by atoms with E-state index >= 15 is 0 Å². The Morgan fingerprint density at radius 2 is 2.08 bits per heavy atom. The molecule has 0 bridgehead atoms. The molecule has 0 aliphatic heterocycles. The van der Waals surface area contributed by atoms with Crippen molar-refractivity contribution in [2.75, 3.05) is 11.1 Å². The predicted molar refractivity (Wildman–Crippen MR) is 105 cm³/mol. The highest BCUT2D eigenvalue weighted by atomic mass is 35.5. The molecule has 2 heterocycles. The monoisotopic (exact) mass is 408 g/mol. The zero-order valence-electron chi connectivity index (χ0n) is 14.4. The minimum Gasteiger partial charge on any atom is -0.411 e.